The van der Waals surface area contributed by atoms with Gasteiger partial charge in [-0.2, -0.15) is 0 Å². The largest absolute Gasteiger partial charge is 0.307 e. The second kappa shape index (κ2) is 6.89. The Balaban J connectivity index is 1.75. The molecule has 3 amide bonds. The Labute approximate surface area is 164 Å². The summed E-state index contributed by atoms with van der Waals surface area (Å²) >= 11 is 0. The van der Waals surface area contributed by atoms with Crippen LogP contribution in [-0.4, -0.2) is 34.7 Å². The first-order valence-corrected chi connectivity index (χ1v) is 9.83. The van der Waals surface area contributed by atoms with E-state index in [1.54, 1.807) is 29.2 Å². The molecule has 2 aromatic rings. The minimum Gasteiger partial charge on any atom is -0.307 e. The minimum atomic E-state index is -0.814. The molecule has 0 bridgehead atoms. The molecule has 2 aliphatic rings. The van der Waals surface area contributed by atoms with Gasteiger partial charge in [-0.25, -0.2) is 0 Å². The quantitative estimate of drug-likeness (QED) is 0.765. The van der Waals surface area contributed by atoms with Crippen molar-refractivity contribution in [3.63, 3.8) is 0 Å². The number of imide groups is 1. The van der Waals surface area contributed by atoms with Gasteiger partial charge in [-0.1, -0.05) is 50.6 Å². The third kappa shape index (κ3) is 2.65. The van der Waals surface area contributed by atoms with E-state index in [2.05, 4.69) is 0 Å². The molecule has 144 valence electrons. The summed E-state index contributed by atoms with van der Waals surface area (Å²) in [6.45, 7) is 5.91. The standard InChI is InChI=1S/C23H24N2O3/c1-4-14(2)20(25-21(26)17-10-6-7-11-18(17)22(25)27)23(28)24-15(3)13-16-9-5-8-12-19(16)24/h5-12,14-15,20H,4,13H2,1-3H3. The molecule has 0 saturated carbocycles. The van der Waals surface area contributed by atoms with E-state index in [-0.39, 0.29) is 29.7 Å². The first-order valence-electron chi connectivity index (χ1n) is 9.83. The molecule has 0 saturated heterocycles. The summed E-state index contributed by atoms with van der Waals surface area (Å²) in [6.07, 6.45) is 1.46. The zero-order valence-electron chi connectivity index (χ0n) is 16.4. The van der Waals surface area contributed by atoms with E-state index in [4.69, 9.17) is 0 Å². The van der Waals surface area contributed by atoms with E-state index in [1.165, 1.54) is 4.90 Å². The van der Waals surface area contributed by atoms with Gasteiger partial charge in [-0.15, -0.1) is 0 Å². The van der Waals surface area contributed by atoms with Gasteiger partial charge < -0.3 is 4.90 Å². The maximum absolute atomic E-state index is 13.7. The van der Waals surface area contributed by atoms with Gasteiger partial charge in [0.05, 0.1) is 11.1 Å². The molecule has 0 fully saturated rings. The number of carbonyl (C=O) groups is 3. The fourth-order valence-electron chi connectivity index (χ4n) is 4.34. The van der Waals surface area contributed by atoms with Crippen molar-refractivity contribution < 1.29 is 14.4 Å². The Bertz CT molecular complexity index is 933. The van der Waals surface area contributed by atoms with Gasteiger partial charge >= 0.3 is 0 Å². The lowest BCUT2D eigenvalue weighted by Gasteiger charge is -2.35. The number of hydrogen-bond acceptors (Lipinski definition) is 3. The SMILES string of the molecule is CCC(C)C(C(=O)N1c2ccccc2CC1C)N1C(=O)c2ccccc2C1=O. The topological polar surface area (TPSA) is 57.7 Å². The van der Waals surface area contributed by atoms with Crippen molar-refractivity contribution >= 4 is 23.4 Å². The normalized spacial score (nSPS) is 20.2. The van der Waals surface area contributed by atoms with Crippen molar-refractivity contribution in [3.05, 3.63) is 65.2 Å². The van der Waals surface area contributed by atoms with E-state index in [0.717, 1.165) is 17.7 Å². The number of rotatable bonds is 4. The van der Waals surface area contributed by atoms with Crippen LogP contribution in [0.15, 0.2) is 48.5 Å². The van der Waals surface area contributed by atoms with Crippen molar-refractivity contribution in [2.24, 2.45) is 5.92 Å². The molecule has 4 rings (SSSR count). The second-order valence-electron chi connectivity index (χ2n) is 7.75. The van der Waals surface area contributed by atoms with Gasteiger partial charge in [0.1, 0.15) is 6.04 Å². The van der Waals surface area contributed by atoms with Crippen molar-refractivity contribution in [2.45, 2.75) is 45.7 Å². The van der Waals surface area contributed by atoms with Gasteiger partial charge in [0.25, 0.3) is 17.7 Å². The second-order valence-corrected chi connectivity index (χ2v) is 7.75. The first-order chi connectivity index (χ1) is 13.5. The number of hydrogen-bond donors (Lipinski definition) is 0. The average molecular weight is 376 g/mol. The van der Waals surface area contributed by atoms with Gasteiger partial charge in [0, 0.05) is 11.7 Å². The van der Waals surface area contributed by atoms with Gasteiger partial charge in [0.2, 0.25) is 0 Å². The van der Waals surface area contributed by atoms with Gasteiger partial charge in [-0.05, 0) is 43.0 Å². The Morgan fingerprint density at radius 1 is 1.04 bits per heavy atom. The van der Waals surface area contributed by atoms with E-state index >= 15 is 0 Å². The minimum absolute atomic E-state index is 0.00774. The third-order valence-electron chi connectivity index (χ3n) is 5.98. The fourth-order valence-corrected chi connectivity index (χ4v) is 4.34. The highest BCUT2D eigenvalue weighted by molar-refractivity contribution is 6.23. The number of para-hydroxylation sites is 1. The highest BCUT2D eigenvalue weighted by Crippen LogP contribution is 2.35. The predicted octanol–water partition coefficient (Wildman–Crippen LogP) is 3.68. The van der Waals surface area contributed by atoms with Crippen LogP contribution in [0.3, 0.4) is 0 Å². The summed E-state index contributed by atoms with van der Waals surface area (Å²) in [5, 5.41) is 0. The van der Waals surface area contributed by atoms with Crippen LogP contribution in [0.5, 0.6) is 0 Å². The van der Waals surface area contributed by atoms with Gasteiger partial charge in [0.15, 0.2) is 0 Å². The molecule has 3 atom stereocenters. The summed E-state index contributed by atoms with van der Waals surface area (Å²) < 4.78 is 0. The molecule has 0 aliphatic carbocycles. The molecular formula is C23H24N2O3. The van der Waals surface area contributed by atoms with Crippen molar-refractivity contribution in [3.8, 4) is 0 Å². The average Bonchev–Trinajstić information content (AvgIpc) is 3.17. The Hall–Kier alpha value is -2.95. The van der Waals surface area contributed by atoms with Crippen LogP contribution in [-0.2, 0) is 11.2 Å². The highest BCUT2D eigenvalue weighted by atomic mass is 16.2. The van der Waals surface area contributed by atoms with Crippen molar-refractivity contribution in [2.75, 3.05) is 4.90 Å². The number of carbonyl (C=O) groups excluding carboxylic acids is 3. The van der Waals surface area contributed by atoms with E-state index in [0.29, 0.717) is 17.5 Å². The van der Waals surface area contributed by atoms with Crippen LogP contribution in [0.2, 0.25) is 0 Å². The zero-order chi connectivity index (χ0) is 20.0. The number of nitrogens with zero attached hydrogens (tertiary/aromatic N) is 2. The Kier molecular flexibility index (Phi) is 4.53. The van der Waals surface area contributed by atoms with Crippen LogP contribution in [0.25, 0.3) is 0 Å². The summed E-state index contributed by atoms with van der Waals surface area (Å²) in [5.41, 5.74) is 2.76. The van der Waals surface area contributed by atoms with Crippen LogP contribution in [0.4, 0.5) is 5.69 Å². The predicted molar refractivity (Wildman–Crippen MR) is 107 cm³/mol. The Morgan fingerprint density at radius 3 is 2.21 bits per heavy atom. The molecule has 2 heterocycles. The monoisotopic (exact) mass is 376 g/mol. The van der Waals surface area contributed by atoms with E-state index < -0.39 is 6.04 Å². The summed E-state index contributed by atoms with van der Waals surface area (Å²) in [5.74, 6) is -1.07. The fraction of sp³-hybridized carbons (Fsp3) is 0.348. The smallest absolute Gasteiger partial charge is 0.262 e. The first kappa shape index (κ1) is 18.4. The molecular weight excluding hydrogens is 352 g/mol. The lowest BCUT2D eigenvalue weighted by Crippen LogP contribution is -2.55. The van der Waals surface area contributed by atoms with Crippen LogP contribution in [0, 0.1) is 5.92 Å². The number of benzene rings is 2. The van der Waals surface area contributed by atoms with Crippen LogP contribution in [0.1, 0.15) is 53.5 Å². The summed E-state index contributed by atoms with van der Waals surface area (Å²) in [4.78, 5) is 42.8. The summed E-state index contributed by atoms with van der Waals surface area (Å²) in [7, 11) is 0. The van der Waals surface area contributed by atoms with Crippen LogP contribution < -0.4 is 4.90 Å². The maximum Gasteiger partial charge on any atom is 0.262 e. The molecule has 2 aromatic carbocycles. The van der Waals surface area contributed by atoms with E-state index in [1.807, 2.05) is 45.0 Å². The van der Waals surface area contributed by atoms with E-state index in [9.17, 15) is 14.4 Å². The molecule has 0 N–H and O–H groups in total. The molecule has 28 heavy (non-hydrogen) atoms. The maximum atomic E-state index is 13.7. The molecule has 5 heteroatoms. The lowest BCUT2D eigenvalue weighted by atomic mass is 9.95. The van der Waals surface area contributed by atoms with Crippen molar-refractivity contribution in [1.82, 2.24) is 4.90 Å². The lowest BCUT2D eigenvalue weighted by molar-refractivity contribution is -0.124. The molecule has 3 unspecified atom stereocenters. The molecule has 0 aromatic heterocycles. The Morgan fingerprint density at radius 2 is 1.61 bits per heavy atom. The zero-order valence-corrected chi connectivity index (χ0v) is 16.4. The summed E-state index contributed by atoms with van der Waals surface area (Å²) in [6, 6.07) is 13.8. The molecule has 5 nitrogen and oxygen atoms in total. The highest BCUT2D eigenvalue weighted by Gasteiger charge is 2.47. The number of fused-ring (bicyclic) bond motifs is 2. The van der Waals surface area contributed by atoms with Gasteiger partial charge in [-0.3, -0.25) is 19.3 Å². The third-order valence-corrected chi connectivity index (χ3v) is 5.98. The van der Waals surface area contributed by atoms with Crippen LogP contribution >= 0.6 is 0 Å². The number of anilines is 1. The van der Waals surface area contributed by atoms with Crippen molar-refractivity contribution in [1.29, 1.82) is 0 Å². The molecule has 0 radical (unpaired) electrons. The number of amides is 3. The molecule has 0 spiro atoms. The molecule has 2 aliphatic heterocycles.